The molecular formula is C24H25FN2O4. The molecule has 162 valence electrons. The largest absolute Gasteiger partial charge is 0.497 e. The maximum atomic E-state index is 13.6. The fourth-order valence-electron chi connectivity index (χ4n) is 4.52. The summed E-state index contributed by atoms with van der Waals surface area (Å²) in [6.45, 7) is 0. The van der Waals surface area contributed by atoms with Crippen molar-refractivity contribution >= 4 is 23.4 Å². The van der Waals surface area contributed by atoms with Gasteiger partial charge in [0, 0.05) is 11.6 Å². The molecule has 0 bridgehead atoms. The Labute approximate surface area is 180 Å². The van der Waals surface area contributed by atoms with Gasteiger partial charge in [-0.15, -0.1) is 0 Å². The van der Waals surface area contributed by atoms with E-state index in [1.807, 2.05) is 0 Å². The van der Waals surface area contributed by atoms with Gasteiger partial charge in [0.05, 0.1) is 19.2 Å². The summed E-state index contributed by atoms with van der Waals surface area (Å²) in [5, 5.41) is 0. The third kappa shape index (κ3) is 4.17. The first-order valence-corrected chi connectivity index (χ1v) is 10.6. The molecule has 2 aromatic rings. The second kappa shape index (κ2) is 8.88. The highest BCUT2D eigenvalue weighted by atomic mass is 19.1. The van der Waals surface area contributed by atoms with E-state index < -0.39 is 17.8 Å². The standard InChI is InChI=1S/C24H25FN2O4/c1-31-20-9-5-6-16(14-20)23(29)26(18-7-3-2-4-8-18)21-15-22(28)27(24(21)30)19-12-10-17(25)11-13-19/h5-6,9-14,18,21H,2-4,7-8,15H2,1H3. The lowest BCUT2D eigenvalue weighted by atomic mass is 9.92. The van der Waals surface area contributed by atoms with E-state index in [2.05, 4.69) is 0 Å². The number of carbonyl (C=O) groups is 3. The first-order valence-electron chi connectivity index (χ1n) is 10.6. The van der Waals surface area contributed by atoms with Crippen LogP contribution in [0.5, 0.6) is 5.75 Å². The molecule has 2 aliphatic rings. The van der Waals surface area contributed by atoms with Gasteiger partial charge in [0.1, 0.15) is 17.6 Å². The number of nitrogens with zero attached hydrogens (tertiary/aromatic N) is 2. The monoisotopic (exact) mass is 424 g/mol. The molecule has 7 heteroatoms. The molecule has 1 saturated carbocycles. The second-order valence-corrected chi connectivity index (χ2v) is 8.00. The van der Waals surface area contributed by atoms with Gasteiger partial charge in [0.25, 0.3) is 11.8 Å². The van der Waals surface area contributed by atoms with Crippen molar-refractivity contribution in [3.05, 3.63) is 59.9 Å². The van der Waals surface area contributed by atoms with Gasteiger partial charge in [-0.3, -0.25) is 14.4 Å². The topological polar surface area (TPSA) is 66.9 Å². The number of benzene rings is 2. The van der Waals surface area contributed by atoms with Crippen LogP contribution in [0, 0.1) is 5.82 Å². The van der Waals surface area contributed by atoms with E-state index in [-0.39, 0.29) is 24.3 Å². The molecular weight excluding hydrogens is 399 g/mol. The van der Waals surface area contributed by atoms with Crippen molar-refractivity contribution in [3.8, 4) is 5.75 Å². The molecule has 2 aromatic carbocycles. The number of carbonyl (C=O) groups excluding carboxylic acids is 3. The number of hydrogen-bond donors (Lipinski definition) is 0. The van der Waals surface area contributed by atoms with Crippen LogP contribution in [-0.4, -0.2) is 41.8 Å². The zero-order valence-corrected chi connectivity index (χ0v) is 17.4. The predicted octanol–water partition coefficient (Wildman–Crippen LogP) is 3.94. The molecule has 0 N–H and O–H groups in total. The molecule has 1 saturated heterocycles. The number of amides is 3. The average molecular weight is 424 g/mol. The maximum absolute atomic E-state index is 13.6. The van der Waals surface area contributed by atoms with Gasteiger partial charge >= 0.3 is 0 Å². The first kappa shape index (κ1) is 21.0. The van der Waals surface area contributed by atoms with Gasteiger partial charge < -0.3 is 9.64 Å². The van der Waals surface area contributed by atoms with Crippen LogP contribution in [0.2, 0.25) is 0 Å². The van der Waals surface area contributed by atoms with E-state index in [1.165, 1.54) is 31.4 Å². The summed E-state index contributed by atoms with van der Waals surface area (Å²) in [7, 11) is 1.53. The van der Waals surface area contributed by atoms with Crippen LogP contribution >= 0.6 is 0 Å². The number of hydrogen-bond acceptors (Lipinski definition) is 4. The van der Waals surface area contributed by atoms with Gasteiger partial charge in [-0.25, -0.2) is 9.29 Å². The van der Waals surface area contributed by atoms with Crippen LogP contribution in [0.3, 0.4) is 0 Å². The summed E-state index contributed by atoms with van der Waals surface area (Å²) in [6.07, 6.45) is 4.56. The molecule has 4 rings (SSSR count). The fraction of sp³-hybridized carbons (Fsp3) is 0.375. The van der Waals surface area contributed by atoms with Gasteiger partial charge in [-0.05, 0) is 55.3 Å². The Morgan fingerprint density at radius 3 is 2.45 bits per heavy atom. The summed E-state index contributed by atoms with van der Waals surface area (Å²) in [6, 6.07) is 11.1. The zero-order chi connectivity index (χ0) is 22.0. The molecule has 0 spiro atoms. The van der Waals surface area contributed by atoms with Crippen LogP contribution in [-0.2, 0) is 9.59 Å². The minimum absolute atomic E-state index is 0.0809. The molecule has 31 heavy (non-hydrogen) atoms. The number of methoxy groups -OCH3 is 1. The summed E-state index contributed by atoms with van der Waals surface area (Å²) in [4.78, 5) is 42.4. The van der Waals surface area contributed by atoms with Crippen LogP contribution in [0.4, 0.5) is 10.1 Å². The smallest absolute Gasteiger partial charge is 0.257 e. The second-order valence-electron chi connectivity index (χ2n) is 8.00. The Kier molecular flexibility index (Phi) is 6.02. The Morgan fingerprint density at radius 1 is 1.06 bits per heavy atom. The van der Waals surface area contributed by atoms with E-state index in [9.17, 15) is 18.8 Å². The maximum Gasteiger partial charge on any atom is 0.257 e. The molecule has 2 fully saturated rings. The van der Waals surface area contributed by atoms with Gasteiger partial charge in [-0.2, -0.15) is 0 Å². The Hall–Kier alpha value is -3.22. The molecule has 6 nitrogen and oxygen atoms in total. The lowest BCUT2D eigenvalue weighted by Gasteiger charge is -2.37. The van der Waals surface area contributed by atoms with Gasteiger partial charge in [-0.1, -0.05) is 25.3 Å². The van der Waals surface area contributed by atoms with Gasteiger partial charge in [0.15, 0.2) is 0 Å². The van der Waals surface area contributed by atoms with Crippen molar-refractivity contribution in [2.45, 2.75) is 50.6 Å². The average Bonchev–Trinajstić information content (AvgIpc) is 3.09. The highest BCUT2D eigenvalue weighted by Crippen LogP contribution is 2.32. The predicted molar refractivity (Wildman–Crippen MR) is 113 cm³/mol. The van der Waals surface area contributed by atoms with E-state index in [0.29, 0.717) is 17.0 Å². The van der Waals surface area contributed by atoms with Crippen LogP contribution in [0.1, 0.15) is 48.9 Å². The van der Waals surface area contributed by atoms with E-state index in [4.69, 9.17) is 4.74 Å². The van der Waals surface area contributed by atoms with Crippen molar-refractivity contribution in [2.24, 2.45) is 0 Å². The van der Waals surface area contributed by atoms with E-state index >= 15 is 0 Å². The van der Waals surface area contributed by atoms with Crippen LogP contribution in [0.15, 0.2) is 48.5 Å². The van der Waals surface area contributed by atoms with Crippen LogP contribution < -0.4 is 9.64 Å². The molecule has 0 radical (unpaired) electrons. The third-order valence-electron chi connectivity index (χ3n) is 6.06. The Bertz CT molecular complexity index is 985. The lowest BCUT2D eigenvalue weighted by Crippen LogP contribution is -2.51. The number of halogens is 1. The van der Waals surface area contributed by atoms with E-state index in [0.717, 1.165) is 37.0 Å². The minimum Gasteiger partial charge on any atom is -0.497 e. The molecule has 1 aliphatic heterocycles. The number of ether oxygens (including phenoxy) is 1. The molecule has 3 amide bonds. The normalized spacial score (nSPS) is 19.5. The highest BCUT2D eigenvalue weighted by molar-refractivity contribution is 6.23. The Morgan fingerprint density at radius 2 is 1.77 bits per heavy atom. The minimum atomic E-state index is -0.876. The summed E-state index contributed by atoms with van der Waals surface area (Å²) >= 11 is 0. The Balaban J connectivity index is 1.68. The first-order chi connectivity index (χ1) is 15.0. The summed E-state index contributed by atoms with van der Waals surface area (Å²) in [5.41, 5.74) is 0.738. The number of imide groups is 1. The van der Waals surface area contributed by atoms with Crippen molar-refractivity contribution in [2.75, 3.05) is 12.0 Å². The summed E-state index contributed by atoms with van der Waals surface area (Å²) in [5.74, 6) is -1.01. The highest BCUT2D eigenvalue weighted by Gasteiger charge is 2.46. The van der Waals surface area contributed by atoms with E-state index in [1.54, 1.807) is 29.2 Å². The van der Waals surface area contributed by atoms with Crippen molar-refractivity contribution in [1.29, 1.82) is 0 Å². The van der Waals surface area contributed by atoms with Gasteiger partial charge in [0.2, 0.25) is 5.91 Å². The molecule has 1 heterocycles. The molecule has 1 atom stereocenters. The van der Waals surface area contributed by atoms with Crippen molar-refractivity contribution in [3.63, 3.8) is 0 Å². The lowest BCUT2D eigenvalue weighted by molar-refractivity contribution is -0.123. The van der Waals surface area contributed by atoms with Crippen molar-refractivity contribution < 1.29 is 23.5 Å². The summed E-state index contributed by atoms with van der Waals surface area (Å²) < 4.78 is 18.6. The fourth-order valence-corrected chi connectivity index (χ4v) is 4.52. The molecule has 1 aliphatic carbocycles. The van der Waals surface area contributed by atoms with Crippen LogP contribution in [0.25, 0.3) is 0 Å². The van der Waals surface area contributed by atoms with Crippen molar-refractivity contribution in [1.82, 2.24) is 4.90 Å². The SMILES string of the molecule is COc1cccc(C(=O)N(C2CCCCC2)C2CC(=O)N(c3ccc(F)cc3)C2=O)c1. The number of rotatable bonds is 5. The molecule has 1 unspecified atom stereocenters. The zero-order valence-electron chi connectivity index (χ0n) is 17.4. The third-order valence-corrected chi connectivity index (χ3v) is 6.06. The quantitative estimate of drug-likeness (QED) is 0.682. The molecule has 0 aromatic heterocycles. The number of anilines is 1.